The van der Waals surface area contributed by atoms with E-state index in [9.17, 15) is 8.42 Å². The van der Waals surface area contributed by atoms with Gasteiger partial charge in [-0.2, -0.15) is 12.7 Å². The van der Waals surface area contributed by atoms with Gasteiger partial charge >= 0.3 is 10.2 Å². The Morgan fingerprint density at radius 3 is 2.46 bits per heavy atom. The minimum absolute atomic E-state index is 0.432. The lowest BCUT2D eigenvalue weighted by Crippen LogP contribution is -2.45. The second kappa shape index (κ2) is 7.34. The van der Waals surface area contributed by atoms with Crippen LogP contribution >= 0.6 is 0 Å². The topological polar surface area (TPSA) is 52.6 Å². The number of nitrogens with one attached hydrogen (secondary N) is 1. The molecular weight excluding hydrogens is 322 g/mol. The summed E-state index contributed by atoms with van der Waals surface area (Å²) >= 11 is 0. The first-order chi connectivity index (χ1) is 11.6. The molecule has 3 rings (SSSR count). The van der Waals surface area contributed by atoms with E-state index >= 15 is 0 Å². The van der Waals surface area contributed by atoms with Crippen LogP contribution in [0.5, 0.6) is 0 Å². The number of hydrogen-bond donors (Lipinski definition) is 1. The minimum atomic E-state index is -3.57. The van der Waals surface area contributed by atoms with E-state index in [0.717, 1.165) is 30.6 Å². The smallest absolute Gasteiger partial charge is 0.308 e. The SMILES string of the molecule is CNCCCCN1Cc2ccccc2N(c2ccccc2)S1(=O)=O. The fourth-order valence-electron chi connectivity index (χ4n) is 2.97. The summed E-state index contributed by atoms with van der Waals surface area (Å²) in [6.07, 6.45) is 1.79. The number of benzene rings is 2. The average Bonchev–Trinajstić information content (AvgIpc) is 2.59. The van der Waals surface area contributed by atoms with Crippen molar-refractivity contribution < 1.29 is 8.42 Å². The summed E-state index contributed by atoms with van der Waals surface area (Å²) in [6, 6.07) is 17.0. The molecule has 0 bridgehead atoms. The highest BCUT2D eigenvalue weighted by Gasteiger charge is 2.36. The molecule has 128 valence electrons. The van der Waals surface area contributed by atoms with Gasteiger partial charge in [-0.3, -0.25) is 0 Å². The summed E-state index contributed by atoms with van der Waals surface area (Å²) in [5.41, 5.74) is 2.45. The number of fused-ring (bicyclic) bond motifs is 1. The Labute approximate surface area is 144 Å². The molecule has 0 radical (unpaired) electrons. The molecule has 0 aromatic heterocycles. The van der Waals surface area contributed by atoms with Gasteiger partial charge in [0.1, 0.15) is 0 Å². The lowest BCUT2D eigenvalue weighted by molar-refractivity contribution is 0.389. The number of rotatable bonds is 6. The van der Waals surface area contributed by atoms with Crippen LogP contribution in [0.1, 0.15) is 18.4 Å². The van der Waals surface area contributed by atoms with E-state index in [1.807, 2.05) is 61.6 Å². The van der Waals surface area contributed by atoms with Crippen molar-refractivity contribution in [3.8, 4) is 0 Å². The lowest BCUT2D eigenvalue weighted by atomic mass is 10.1. The molecule has 6 heteroatoms. The summed E-state index contributed by atoms with van der Waals surface area (Å²) in [5, 5.41) is 3.10. The molecule has 0 atom stereocenters. The zero-order chi connectivity index (χ0) is 17.0. The van der Waals surface area contributed by atoms with Gasteiger partial charge in [-0.25, -0.2) is 4.31 Å². The van der Waals surface area contributed by atoms with Crippen LogP contribution < -0.4 is 9.62 Å². The van der Waals surface area contributed by atoms with Crippen LogP contribution in [0.25, 0.3) is 0 Å². The molecule has 0 saturated carbocycles. The van der Waals surface area contributed by atoms with Crippen LogP contribution in [0.15, 0.2) is 54.6 Å². The molecule has 1 heterocycles. The van der Waals surface area contributed by atoms with Crippen LogP contribution in [-0.2, 0) is 16.8 Å². The third kappa shape index (κ3) is 3.31. The second-order valence-electron chi connectivity index (χ2n) is 5.88. The number of anilines is 2. The van der Waals surface area contributed by atoms with Gasteiger partial charge in [0, 0.05) is 13.1 Å². The fraction of sp³-hybridized carbons (Fsp3) is 0.333. The molecular formula is C18H23N3O2S. The van der Waals surface area contributed by atoms with E-state index in [2.05, 4.69) is 5.32 Å². The molecule has 1 aliphatic rings. The van der Waals surface area contributed by atoms with E-state index in [1.165, 1.54) is 4.31 Å². The Balaban J connectivity index is 1.96. The third-order valence-electron chi connectivity index (χ3n) is 4.19. The van der Waals surface area contributed by atoms with E-state index < -0.39 is 10.2 Å². The highest BCUT2D eigenvalue weighted by molar-refractivity contribution is 7.90. The van der Waals surface area contributed by atoms with E-state index in [4.69, 9.17) is 0 Å². The number of unbranched alkanes of at least 4 members (excludes halogenated alkanes) is 1. The molecule has 5 nitrogen and oxygen atoms in total. The zero-order valence-corrected chi connectivity index (χ0v) is 14.7. The van der Waals surface area contributed by atoms with Crippen molar-refractivity contribution in [3.05, 3.63) is 60.2 Å². The van der Waals surface area contributed by atoms with Gasteiger partial charge in [0.2, 0.25) is 0 Å². The van der Waals surface area contributed by atoms with Crippen LogP contribution in [0.3, 0.4) is 0 Å². The van der Waals surface area contributed by atoms with Gasteiger partial charge in [-0.15, -0.1) is 0 Å². The monoisotopic (exact) mass is 345 g/mol. The van der Waals surface area contributed by atoms with Crippen LogP contribution in [0.4, 0.5) is 11.4 Å². The van der Waals surface area contributed by atoms with Crippen molar-refractivity contribution >= 4 is 21.6 Å². The van der Waals surface area contributed by atoms with Gasteiger partial charge in [-0.05, 0) is 50.2 Å². The molecule has 0 spiro atoms. The van der Waals surface area contributed by atoms with E-state index in [-0.39, 0.29) is 0 Å². The molecule has 0 fully saturated rings. The normalized spacial score (nSPS) is 16.8. The maximum absolute atomic E-state index is 13.2. The first-order valence-corrected chi connectivity index (χ1v) is 9.62. The highest BCUT2D eigenvalue weighted by atomic mass is 32.2. The molecule has 24 heavy (non-hydrogen) atoms. The van der Waals surface area contributed by atoms with Gasteiger partial charge in [0.15, 0.2) is 0 Å². The van der Waals surface area contributed by atoms with Gasteiger partial charge < -0.3 is 5.32 Å². The Kier molecular flexibility index (Phi) is 5.18. The predicted molar refractivity (Wildman–Crippen MR) is 97.5 cm³/mol. The van der Waals surface area contributed by atoms with E-state index in [1.54, 1.807) is 4.31 Å². The number of para-hydroxylation sites is 2. The molecule has 0 saturated heterocycles. The zero-order valence-electron chi connectivity index (χ0n) is 13.9. The molecule has 2 aromatic carbocycles. The van der Waals surface area contributed by atoms with Crippen molar-refractivity contribution in [1.82, 2.24) is 9.62 Å². The summed E-state index contributed by atoms with van der Waals surface area (Å²) in [7, 11) is -1.66. The van der Waals surface area contributed by atoms with Gasteiger partial charge in [-0.1, -0.05) is 36.4 Å². The molecule has 0 aliphatic carbocycles. The Hall–Kier alpha value is -1.89. The summed E-state index contributed by atoms with van der Waals surface area (Å²) in [4.78, 5) is 0. The number of hydrogen-bond acceptors (Lipinski definition) is 3. The van der Waals surface area contributed by atoms with Gasteiger partial charge in [0.05, 0.1) is 11.4 Å². The lowest BCUT2D eigenvalue weighted by Gasteiger charge is -2.37. The van der Waals surface area contributed by atoms with Crippen molar-refractivity contribution in [2.45, 2.75) is 19.4 Å². The maximum Gasteiger partial charge on any atom is 0.308 e. The van der Waals surface area contributed by atoms with Crippen molar-refractivity contribution in [2.75, 3.05) is 24.4 Å². The summed E-state index contributed by atoms with van der Waals surface area (Å²) in [5.74, 6) is 0. The molecule has 1 aliphatic heterocycles. The second-order valence-corrected chi connectivity index (χ2v) is 7.66. The first kappa shape index (κ1) is 17.0. The summed E-state index contributed by atoms with van der Waals surface area (Å²) < 4.78 is 29.4. The Morgan fingerprint density at radius 1 is 1.00 bits per heavy atom. The molecule has 0 unspecified atom stereocenters. The molecule has 1 N–H and O–H groups in total. The van der Waals surface area contributed by atoms with Crippen molar-refractivity contribution in [2.24, 2.45) is 0 Å². The summed E-state index contributed by atoms with van der Waals surface area (Å²) in [6.45, 7) is 1.86. The Morgan fingerprint density at radius 2 is 1.71 bits per heavy atom. The van der Waals surface area contributed by atoms with Crippen LogP contribution in [0.2, 0.25) is 0 Å². The standard InChI is InChI=1S/C18H23N3O2S/c1-19-13-7-8-14-20-15-16-9-5-6-12-18(16)21(24(20,22)23)17-10-3-2-4-11-17/h2-6,9-12,19H,7-8,13-15H2,1H3. The largest absolute Gasteiger partial charge is 0.320 e. The third-order valence-corrected chi connectivity index (χ3v) is 6.02. The quantitative estimate of drug-likeness (QED) is 0.819. The average molecular weight is 345 g/mol. The Bertz CT molecular complexity index is 778. The maximum atomic E-state index is 13.2. The van der Waals surface area contributed by atoms with Crippen LogP contribution in [0, 0.1) is 0 Å². The van der Waals surface area contributed by atoms with Crippen LogP contribution in [-0.4, -0.2) is 32.9 Å². The van der Waals surface area contributed by atoms with Crippen molar-refractivity contribution in [3.63, 3.8) is 0 Å². The van der Waals surface area contributed by atoms with E-state index in [0.29, 0.717) is 18.8 Å². The highest BCUT2D eigenvalue weighted by Crippen LogP contribution is 2.37. The van der Waals surface area contributed by atoms with Crippen molar-refractivity contribution in [1.29, 1.82) is 0 Å². The minimum Gasteiger partial charge on any atom is -0.320 e. The molecule has 2 aromatic rings. The molecule has 0 amide bonds. The number of nitrogens with zero attached hydrogens (tertiary/aromatic N) is 2. The van der Waals surface area contributed by atoms with Gasteiger partial charge in [0.25, 0.3) is 0 Å². The first-order valence-electron chi connectivity index (χ1n) is 8.22. The fourth-order valence-corrected chi connectivity index (χ4v) is 4.68. The predicted octanol–water partition coefficient (Wildman–Crippen LogP) is 2.88.